The van der Waals surface area contributed by atoms with Gasteiger partial charge in [-0.15, -0.1) is 0 Å². The summed E-state index contributed by atoms with van der Waals surface area (Å²) in [4.78, 5) is 20.6. The van der Waals surface area contributed by atoms with Gasteiger partial charge in [0.05, 0.1) is 0 Å². The van der Waals surface area contributed by atoms with Crippen LogP contribution in [0.2, 0.25) is 0 Å². The predicted molar refractivity (Wildman–Crippen MR) is 126 cm³/mol. The van der Waals surface area contributed by atoms with Gasteiger partial charge in [0, 0.05) is 38.3 Å². The van der Waals surface area contributed by atoms with E-state index in [9.17, 15) is 9.18 Å². The van der Waals surface area contributed by atoms with E-state index in [-0.39, 0.29) is 17.8 Å². The number of fused-ring (bicyclic) bond motifs is 1. The minimum Gasteiger partial charge on any atom is -0.355 e. The van der Waals surface area contributed by atoms with Gasteiger partial charge in [0.25, 0.3) is 0 Å². The molecule has 0 aromatic heterocycles. The van der Waals surface area contributed by atoms with Crippen LogP contribution >= 0.6 is 0 Å². The molecule has 5 rings (SSSR count). The predicted octanol–water partition coefficient (Wildman–Crippen LogP) is 4.48. The maximum Gasteiger partial charge on any atom is 0.245 e. The molecule has 170 valence electrons. The van der Waals surface area contributed by atoms with Crippen molar-refractivity contribution in [1.82, 2.24) is 9.80 Å². The zero-order valence-electron chi connectivity index (χ0n) is 18.9. The Balaban J connectivity index is 1.24. The average molecular weight is 436 g/mol. The molecule has 3 aliphatic heterocycles. The fraction of sp³-hybridized carbons (Fsp3) is 0.519. The molecule has 2 aromatic carbocycles. The van der Waals surface area contributed by atoms with Gasteiger partial charge in [-0.25, -0.2) is 4.39 Å². The first-order valence-electron chi connectivity index (χ1n) is 12.3. The third-order valence-electron chi connectivity index (χ3n) is 7.53. The maximum absolute atomic E-state index is 13.6. The molecule has 2 fully saturated rings. The molecule has 0 radical (unpaired) electrons. The molecule has 0 N–H and O–H groups in total. The van der Waals surface area contributed by atoms with E-state index in [1.807, 2.05) is 24.3 Å². The third kappa shape index (κ3) is 4.68. The van der Waals surface area contributed by atoms with Gasteiger partial charge in [-0.2, -0.15) is 0 Å². The van der Waals surface area contributed by atoms with Crippen molar-refractivity contribution >= 4 is 11.6 Å². The van der Waals surface area contributed by atoms with Crippen molar-refractivity contribution in [3.05, 3.63) is 65.5 Å². The van der Waals surface area contributed by atoms with E-state index in [0.29, 0.717) is 12.5 Å². The van der Waals surface area contributed by atoms with Gasteiger partial charge in [-0.1, -0.05) is 36.8 Å². The summed E-state index contributed by atoms with van der Waals surface area (Å²) in [5.41, 5.74) is 3.39. The molecule has 0 spiro atoms. The number of benzene rings is 2. The summed E-state index contributed by atoms with van der Waals surface area (Å²) in [6, 6.07) is 14.8. The molecule has 0 saturated carbocycles. The maximum atomic E-state index is 13.6. The van der Waals surface area contributed by atoms with E-state index in [2.05, 4.69) is 26.8 Å². The van der Waals surface area contributed by atoms with Gasteiger partial charge < -0.3 is 14.7 Å². The largest absolute Gasteiger partial charge is 0.355 e. The second kappa shape index (κ2) is 9.62. The second-order valence-corrected chi connectivity index (χ2v) is 9.73. The van der Waals surface area contributed by atoms with Crippen LogP contribution in [0.3, 0.4) is 0 Å². The molecule has 32 heavy (non-hydrogen) atoms. The van der Waals surface area contributed by atoms with E-state index >= 15 is 0 Å². The Morgan fingerprint density at radius 2 is 1.62 bits per heavy atom. The number of carbonyl (C=O) groups is 1. The first-order valence-corrected chi connectivity index (χ1v) is 12.3. The number of rotatable bonds is 5. The molecular weight excluding hydrogens is 401 g/mol. The van der Waals surface area contributed by atoms with Crippen molar-refractivity contribution < 1.29 is 9.18 Å². The lowest BCUT2D eigenvalue weighted by molar-refractivity contribution is -0.134. The van der Waals surface area contributed by atoms with E-state index in [0.717, 1.165) is 43.6 Å². The van der Waals surface area contributed by atoms with Crippen molar-refractivity contribution in [2.24, 2.45) is 5.92 Å². The molecule has 2 saturated heterocycles. The van der Waals surface area contributed by atoms with E-state index in [1.54, 1.807) is 0 Å². The van der Waals surface area contributed by atoms with Gasteiger partial charge >= 0.3 is 0 Å². The molecule has 0 aliphatic carbocycles. The number of halogens is 1. The fourth-order valence-electron chi connectivity index (χ4n) is 5.71. The number of para-hydroxylation sites is 1. The van der Waals surface area contributed by atoms with Gasteiger partial charge in [0.15, 0.2) is 0 Å². The number of piperidine rings is 2. The van der Waals surface area contributed by atoms with Crippen molar-refractivity contribution in [2.45, 2.75) is 51.1 Å². The van der Waals surface area contributed by atoms with Crippen LogP contribution in [0.25, 0.3) is 0 Å². The summed E-state index contributed by atoms with van der Waals surface area (Å²) in [5.74, 6) is 0.739. The smallest absolute Gasteiger partial charge is 0.245 e. The molecular formula is C27H34FN3O. The zero-order chi connectivity index (χ0) is 21.9. The van der Waals surface area contributed by atoms with Crippen LogP contribution in [-0.4, -0.2) is 54.5 Å². The Morgan fingerprint density at radius 3 is 2.38 bits per heavy atom. The zero-order valence-corrected chi connectivity index (χ0v) is 18.9. The molecule has 1 amide bonds. The average Bonchev–Trinajstić information content (AvgIpc) is 3.19. The van der Waals surface area contributed by atoms with Gasteiger partial charge in [0.1, 0.15) is 11.9 Å². The molecule has 2 aromatic rings. The number of amides is 1. The number of nitrogens with zero attached hydrogens (tertiary/aromatic N) is 3. The molecule has 5 heteroatoms. The summed E-state index contributed by atoms with van der Waals surface area (Å²) in [7, 11) is 0. The van der Waals surface area contributed by atoms with E-state index in [4.69, 9.17) is 0 Å². The van der Waals surface area contributed by atoms with Gasteiger partial charge in [-0.3, -0.25) is 4.79 Å². The Morgan fingerprint density at radius 1 is 0.906 bits per heavy atom. The Kier molecular flexibility index (Phi) is 6.44. The highest BCUT2D eigenvalue weighted by Gasteiger charge is 2.37. The van der Waals surface area contributed by atoms with Crippen LogP contribution in [0, 0.1) is 11.7 Å². The summed E-state index contributed by atoms with van der Waals surface area (Å²) in [6.45, 7) is 6.06. The van der Waals surface area contributed by atoms with Crippen LogP contribution in [0.5, 0.6) is 0 Å². The van der Waals surface area contributed by atoms with Crippen LogP contribution in [-0.2, 0) is 17.8 Å². The van der Waals surface area contributed by atoms with Gasteiger partial charge in [0.2, 0.25) is 5.91 Å². The number of anilines is 1. The Hall–Kier alpha value is -2.40. The van der Waals surface area contributed by atoms with Crippen molar-refractivity contribution in [1.29, 1.82) is 0 Å². The summed E-state index contributed by atoms with van der Waals surface area (Å²) >= 11 is 0. The van der Waals surface area contributed by atoms with E-state index in [1.165, 1.54) is 56.6 Å². The minimum atomic E-state index is -0.226. The number of carbonyl (C=O) groups excluding carboxylic acids is 1. The standard InChI is InChI=1S/C27H34FN3O/c28-24-10-8-21(9-11-24)20-31-25-7-3-2-6-23(25)18-26(31)27(32)30-16-12-22(13-17-30)19-29-14-4-1-5-15-29/h2-3,6-11,22,26H,1,4-5,12-20H2. The molecule has 0 bridgehead atoms. The second-order valence-electron chi connectivity index (χ2n) is 9.73. The Labute approximate surface area is 191 Å². The third-order valence-corrected chi connectivity index (χ3v) is 7.53. The summed E-state index contributed by atoms with van der Waals surface area (Å²) in [6.07, 6.45) is 7.03. The first kappa shape index (κ1) is 21.4. The highest BCUT2D eigenvalue weighted by Crippen LogP contribution is 2.35. The molecule has 4 nitrogen and oxygen atoms in total. The highest BCUT2D eigenvalue weighted by atomic mass is 19.1. The van der Waals surface area contributed by atoms with E-state index < -0.39 is 0 Å². The molecule has 1 atom stereocenters. The molecule has 1 unspecified atom stereocenters. The number of likely N-dealkylation sites (tertiary alicyclic amines) is 2. The monoisotopic (exact) mass is 435 g/mol. The highest BCUT2D eigenvalue weighted by molar-refractivity contribution is 5.88. The molecule has 3 heterocycles. The first-order chi connectivity index (χ1) is 15.7. The Bertz CT molecular complexity index is 917. The van der Waals surface area contributed by atoms with Gasteiger partial charge in [-0.05, 0) is 74.0 Å². The fourth-order valence-corrected chi connectivity index (χ4v) is 5.71. The van der Waals surface area contributed by atoms with Crippen molar-refractivity contribution in [3.63, 3.8) is 0 Å². The van der Waals surface area contributed by atoms with Crippen LogP contribution < -0.4 is 4.90 Å². The summed E-state index contributed by atoms with van der Waals surface area (Å²) in [5, 5.41) is 0. The van der Waals surface area contributed by atoms with Crippen LogP contribution in [0.1, 0.15) is 43.2 Å². The van der Waals surface area contributed by atoms with Crippen LogP contribution in [0.15, 0.2) is 48.5 Å². The van der Waals surface area contributed by atoms with Crippen molar-refractivity contribution in [3.8, 4) is 0 Å². The SMILES string of the molecule is O=C(C1Cc2ccccc2N1Cc1ccc(F)cc1)N1CCC(CN2CCCCC2)CC1. The lowest BCUT2D eigenvalue weighted by Gasteiger charge is -2.38. The topological polar surface area (TPSA) is 26.8 Å². The lowest BCUT2D eigenvalue weighted by atomic mass is 9.94. The quantitative estimate of drug-likeness (QED) is 0.693. The normalized spacial score (nSPS) is 22.2. The number of hydrogen-bond acceptors (Lipinski definition) is 3. The molecule has 3 aliphatic rings. The van der Waals surface area contributed by atoms with Crippen molar-refractivity contribution in [2.75, 3.05) is 37.6 Å². The lowest BCUT2D eigenvalue weighted by Crippen LogP contribution is -2.50. The minimum absolute atomic E-state index is 0.170. The summed E-state index contributed by atoms with van der Waals surface area (Å²) < 4.78 is 13.4. The van der Waals surface area contributed by atoms with Crippen LogP contribution in [0.4, 0.5) is 10.1 Å². The number of hydrogen-bond donors (Lipinski definition) is 0.